The third kappa shape index (κ3) is 2.36. The molecule has 2 nitrogen and oxygen atoms in total. The fourth-order valence-electron chi connectivity index (χ4n) is 1.16. The van der Waals surface area contributed by atoms with Crippen molar-refractivity contribution in [2.45, 2.75) is 6.54 Å². The number of aromatic nitrogens is 1. The van der Waals surface area contributed by atoms with Gasteiger partial charge in [-0.25, -0.2) is 0 Å². The molecule has 0 bridgehead atoms. The fraction of sp³-hybridized carbons (Fsp3) is 0.111. The molecule has 0 aliphatic carbocycles. The highest BCUT2D eigenvalue weighted by Gasteiger charge is 2.04. The zero-order chi connectivity index (χ0) is 10.8. The molecule has 6 heteroatoms. The Morgan fingerprint density at radius 2 is 2.07 bits per heavy atom. The van der Waals surface area contributed by atoms with Gasteiger partial charge in [0.2, 0.25) is 0 Å². The molecule has 0 amide bonds. The van der Waals surface area contributed by atoms with Crippen LogP contribution < -0.4 is 4.87 Å². The second-order valence-corrected chi connectivity index (χ2v) is 6.00. The van der Waals surface area contributed by atoms with Crippen LogP contribution in [0.3, 0.4) is 0 Å². The van der Waals surface area contributed by atoms with Gasteiger partial charge < -0.3 is 0 Å². The van der Waals surface area contributed by atoms with Gasteiger partial charge in [-0.15, -0.1) is 0 Å². The van der Waals surface area contributed by atoms with E-state index in [1.807, 2.05) is 18.2 Å². The first-order valence-electron chi connectivity index (χ1n) is 4.12. The monoisotopic (exact) mass is 275 g/mol. The highest BCUT2D eigenvalue weighted by atomic mass is 35.5. The number of halogens is 1. The Labute approximate surface area is 104 Å². The molecule has 78 valence electrons. The van der Waals surface area contributed by atoms with E-state index in [9.17, 15) is 4.79 Å². The average Bonchev–Trinajstić information content (AvgIpc) is 2.53. The number of rotatable bonds is 2. The molecule has 0 unspecified atom stereocenters. The summed E-state index contributed by atoms with van der Waals surface area (Å²) in [4.78, 5) is 11.4. The van der Waals surface area contributed by atoms with Gasteiger partial charge in [-0.05, 0) is 44.5 Å². The summed E-state index contributed by atoms with van der Waals surface area (Å²) in [5.41, 5.74) is 0.915. The molecule has 1 heterocycles. The average molecular weight is 276 g/mol. The summed E-state index contributed by atoms with van der Waals surface area (Å²) in [6, 6.07) is 7.46. The lowest BCUT2D eigenvalue weighted by Gasteiger charge is -2.03. The quantitative estimate of drug-likeness (QED) is 0.619. The van der Waals surface area contributed by atoms with Gasteiger partial charge in [-0.1, -0.05) is 29.8 Å². The lowest BCUT2D eigenvalue weighted by Crippen LogP contribution is -2.13. The largest absolute Gasteiger partial charge is 0.319 e. The molecule has 0 spiro atoms. The summed E-state index contributed by atoms with van der Waals surface area (Å²) < 4.78 is 2.16. The second kappa shape index (κ2) is 4.57. The van der Waals surface area contributed by atoms with E-state index < -0.39 is 0 Å². The fourth-order valence-corrected chi connectivity index (χ4v) is 3.52. The van der Waals surface area contributed by atoms with Crippen molar-refractivity contribution in [2.75, 3.05) is 0 Å². The molecular weight excluding hydrogens is 270 g/mol. The van der Waals surface area contributed by atoms with Crippen LogP contribution in [0.4, 0.5) is 0 Å². The maximum atomic E-state index is 11.4. The highest BCUT2D eigenvalue weighted by molar-refractivity contribution is 7.79. The van der Waals surface area contributed by atoms with Gasteiger partial charge >= 0.3 is 4.87 Å². The van der Waals surface area contributed by atoms with Crippen LogP contribution in [0.15, 0.2) is 29.1 Å². The Balaban J connectivity index is 2.42. The normalized spacial score (nSPS) is 10.5. The van der Waals surface area contributed by atoms with E-state index >= 15 is 0 Å². The number of hydrogen-bond acceptors (Lipinski definition) is 4. The molecule has 0 saturated carbocycles. The zero-order valence-electron chi connectivity index (χ0n) is 7.47. The van der Waals surface area contributed by atoms with Crippen LogP contribution in [-0.2, 0) is 6.54 Å². The molecule has 2 aromatic rings. The number of nitrogens with zero attached hydrogens (tertiary/aromatic N) is 1. The SMILES string of the molecule is O=c1ssc(=S)n1Cc1ccccc1Cl. The van der Waals surface area contributed by atoms with Crippen molar-refractivity contribution < 1.29 is 0 Å². The smallest absolute Gasteiger partial charge is 0.276 e. The van der Waals surface area contributed by atoms with Gasteiger partial charge in [0.15, 0.2) is 3.95 Å². The van der Waals surface area contributed by atoms with Crippen LogP contribution in [0.1, 0.15) is 5.56 Å². The topological polar surface area (TPSA) is 22.0 Å². The minimum absolute atomic E-state index is 0.0232. The van der Waals surface area contributed by atoms with Crippen molar-refractivity contribution >= 4 is 44.5 Å². The first kappa shape index (κ1) is 11.0. The zero-order valence-corrected chi connectivity index (χ0v) is 10.7. The molecule has 0 fully saturated rings. The van der Waals surface area contributed by atoms with Gasteiger partial charge in [-0.2, -0.15) is 0 Å². The molecule has 0 aliphatic heterocycles. The van der Waals surface area contributed by atoms with E-state index in [1.165, 1.54) is 10.3 Å². The first-order valence-corrected chi connectivity index (χ1v) is 7.05. The van der Waals surface area contributed by atoms with Gasteiger partial charge in [-0.3, -0.25) is 9.36 Å². The maximum Gasteiger partial charge on any atom is 0.319 e. The molecule has 0 aliphatic rings. The van der Waals surface area contributed by atoms with Crippen molar-refractivity contribution in [1.82, 2.24) is 4.57 Å². The van der Waals surface area contributed by atoms with Crippen LogP contribution in [-0.4, -0.2) is 4.57 Å². The Kier molecular flexibility index (Phi) is 3.35. The molecule has 15 heavy (non-hydrogen) atoms. The van der Waals surface area contributed by atoms with E-state index in [-0.39, 0.29) is 4.87 Å². The van der Waals surface area contributed by atoms with Gasteiger partial charge in [0.1, 0.15) is 0 Å². The predicted molar refractivity (Wildman–Crippen MR) is 67.8 cm³/mol. The van der Waals surface area contributed by atoms with E-state index in [1.54, 1.807) is 10.6 Å². The Bertz CT molecular complexity index is 556. The Morgan fingerprint density at radius 1 is 1.33 bits per heavy atom. The van der Waals surface area contributed by atoms with Crippen molar-refractivity contribution in [3.63, 3.8) is 0 Å². The third-order valence-electron chi connectivity index (χ3n) is 1.91. The summed E-state index contributed by atoms with van der Waals surface area (Å²) in [5.74, 6) is 0. The molecule has 1 aromatic carbocycles. The highest BCUT2D eigenvalue weighted by Crippen LogP contribution is 2.16. The Hall–Kier alpha value is -0.490. The molecule has 0 radical (unpaired) electrons. The van der Waals surface area contributed by atoms with Gasteiger partial charge in [0.25, 0.3) is 0 Å². The van der Waals surface area contributed by atoms with Gasteiger partial charge in [0, 0.05) is 5.02 Å². The van der Waals surface area contributed by atoms with Crippen LogP contribution in [0, 0.1) is 3.95 Å². The Morgan fingerprint density at radius 3 is 2.67 bits per heavy atom. The van der Waals surface area contributed by atoms with Crippen molar-refractivity contribution in [2.24, 2.45) is 0 Å². The van der Waals surface area contributed by atoms with Gasteiger partial charge in [0.05, 0.1) is 6.54 Å². The lowest BCUT2D eigenvalue weighted by molar-refractivity contribution is 0.780. The van der Waals surface area contributed by atoms with E-state index in [4.69, 9.17) is 23.8 Å². The summed E-state index contributed by atoms with van der Waals surface area (Å²) in [6.45, 7) is 0.456. The minimum Gasteiger partial charge on any atom is -0.276 e. The standard InChI is InChI=1S/C9H6ClNOS3/c10-7-4-2-1-3-6(7)5-11-8(12)14-15-9(11)13/h1-4H,5H2. The lowest BCUT2D eigenvalue weighted by atomic mass is 10.2. The second-order valence-electron chi connectivity index (χ2n) is 2.88. The maximum absolute atomic E-state index is 11.4. The van der Waals surface area contributed by atoms with Crippen molar-refractivity contribution in [1.29, 1.82) is 0 Å². The molecule has 1 aromatic heterocycles. The molecule has 2 rings (SSSR count). The number of benzene rings is 1. The number of hydrogen-bond donors (Lipinski definition) is 0. The van der Waals surface area contributed by atoms with Crippen LogP contribution in [0.25, 0.3) is 0 Å². The first-order chi connectivity index (χ1) is 7.18. The summed E-state index contributed by atoms with van der Waals surface area (Å²) in [7, 11) is 2.48. The third-order valence-corrected chi connectivity index (χ3v) is 5.03. The van der Waals surface area contributed by atoms with Crippen LogP contribution >= 0.6 is 44.5 Å². The van der Waals surface area contributed by atoms with Crippen LogP contribution in [0.5, 0.6) is 0 Å². The summed E-state index contributed by atoms with van der Waals surface area (Å²) >= 11 is 11.1. The van der Waals surface area contributed by atoms with E-state index in [0.29, 0.717) is 15.5 Å². The summed E-state index contributed by atoms with van der Waals surface area (Å²) in [6.07, 6.45) is 0. The predicted octanol–water partition coefficient (Wildman–Crippen LogP) is 3.40. The molecule has 0 saturated heterocycles. The minimum atomic E-state index is -0.0232. The molecule has 0 atom stereocenters. The van der Waals surface area contributed by atoms with E-state index in [0.717, 1.165) is 15.9 Å². The van der Waals surface area contributed by atoms with E-state index in [2.05, 4.69) is 0 Å². The van der Waals surface area contributed by atoms with Crippen LogP contribution in [0.2, 0.25) is 5.02 Å². The molecular formula is C9H6ClNOS3. The van der Waals surface area contributed by atoms with Crippen molar-refractivity contribution in [3.05, 3.63) is 48.5 Å². The van der Waals surface area contributed by atoms with Crippen molar-refractivity contribution in [3.8, 4) is 0 Å². The molecule has 0 N–H and O–H groups in total. The summed E-state index contributed by atoms with van der Waals surface area (Å²) in [5, 5.41) is 0.662.